The number of nitro groups is 1. The number of aryl methyl sites for hydroxylation is 2. The van der Waals surface area contributed by atoms with E-state index in [0.29, 0.717) is 11.1 Å². The normalized spacial score (nSPS) is 10.8. The minimum Gasteiger partial charge on any atom is -0.289 e. The molecule has 0 N–H and O–H groups in total. The van der Waals surface area contributed by atoms with E-state index in [1.165, 1.54) is 12.1 Å². The van der Waals surface area contributed by atoms with Crippen LogP contribution in [0, 0.1) is 24.0 Å². The predicted octanol–water partition coefficient (Wildman–Crippen LogP) is 4.11. The van der Waals surface area contributed by atoms with Crippen LogP contribution in [-0.2, 0) is 0 Å². The Morgan fingerprint density at radius 1 is 1.14 bits per heavy atom. The zero-order chi connectivity index (χ0) is 15.4. The molecule has 0 saturated carbocycles. The number of allylic oxidation sites excluding steroid dienone is 1. The summed E-state index contributed by atoms with van der Waals surface area (Å²) in [7, 11) is 0. The molecule has 21 heavy (non-hydrogen) atoms. The van der Waals surface area contributed by atoms with Crippen molar-refractivity contribution in [1.82, 2.24) is 0 Å². The molecule has 0 heterocycles. The molecule has 2 rings (SSSR count). The van der Waals surface area contributed by atoms with Gasteiger partial charge in [-0.3, -0.25) is 14.9 Å². The Balaban J connectivity index is 2.25. The van der Waals surface area contributed by atoms with Crippen LogP contribution in [0.25, 0.3) is 6.08 Å². The van der Waals surface area contributed by atoms with Gasteiger partial charge in [0.15, 0.2) is 5.78 Å². The quantitative estimate of drug-likeness (QED) is 0.367. The smallest absolute Gasteiger partial charge is 0.273 e. The van der Waals surface area contributed by atoms with Crippen LogP contribution in [0.15, 0.2) is 48.5 Å². The van der Waals surface area contributed by atoms with E-state index in [-0.39, 0.29) is 11.5 Å². The van der Waals surface area contributed by atoms with Gasteiger partial charge in [-0.2, -0.15) is 0 Å². The van der Waals surface area contributed by atoms with Crippen LogP contribution in [0.2, 0.25) is 0 Å². The predicted molar refractivity (Wildman–Crippen MR) is 82.4 cm³/mol. The average molecular weight is 281 g/mol. The molecule has 0 saturated heterocycles. The zero-order valence-electron chi connectivity index (χ0n) is 11.9. The lowest BCUT2D eigenvalue weighted by atomic mass is 10.1. The molecule has 0 atom stereocenters. The van der Waals surface area contributed by atoms with Crippen molar-refractivity contribution in [3.05, 3.63) is 80.9 Å². The molecule has 4 heteroatoms. The van der Waals surface area contributed by atoms with Gasteiger partial charge in [-0.15, -0.1) is 0 Å². The third-order valence-electron chi connectivity index (χ3n) is 3.16. The number of rotatable bonds is 4. The van der Waals surface area contributed by atoms with Crippen molar-refractivity contribution in [2.75, 3.05) is 0 Å². The highest BCUT2D eigenvalue weighted by atomic mass is 16.6. The molecule has 4 nitrogen and oxygen atoms in total. The van der Waals surface area contributed by atoms with Gasteiger partial charge >= 0.3 is 0 Å². The number of nitro benzene ring substituents is 1. The first-order chi connectivity index (χ1) is 9.97. The Morgan fingerprint density at radius 3 is 2.57 bits per heavy atom. The number of carbonyl (C=O) groups excluding carboxylic acids is 1. The Hall–Kier alpha value is -2.75. The first-order valence-electron chi connectivity index (χ1n) is 6.51. The summed E-state index contributed by atoms with van der Waals surface area (Å²) in [5.74, 6) is -0.250. The van der Waals surface area contributed by atoms with Gasteiger partial charge in [0.25, 0.3) is 5.69 Å². The maximum absolute atomic E-state index is 12.1. The number of nitrogens with zero attached hydrogens (tertiary/aromatic N) is 1. The Kier molecular flexibility index (Phi) is 4.28. The zero-order valence-corrected chi connectivity index (χ0v) is 11.9. The van der Waals surface area contributed by atoms with Crippen molar-refractivity contribution in [1.29, 1.82) is 0 Å². The van der Waals surface area contributed by atoms with Gasteiger partial charge in [0.05, 0.1) is 4.92 Å². The van der Waals surface area contributed by atoms with Crippen molar-refractivity contribution >= 4 is 17.5 Å². The van der Waals surface area contributed by atoms with Gasteiger partial charge in [0.2, 0.25) is 0 Å². The van der Waals surface area contributed by atoms with Gasteiger partial charge in [-0.05, 0) is 25.5 Å². The van der Waals surface area contributed by atoms with Crippen molar-refractivity contribution < 1.29 is 9.72 Å². The lowest BCUT2D eigenvalue weighted by molar-refractivity contribution is -0.385. The topological polar surface area (TPSA) is 60.2 Å². The van der Waals surface area contributed by atoms with Crippen LogP contribution in [0.1, 0.15) is 27.0 Å². The molecule has 0 spiro atoms. The third kappa shape index (κ3) is 3.63. The molecule has 0 fully saturated rings. The number of benzene rings is 2. The number of hydrogen-bond donors (Lipinski definition) is 0. The number of ketones is 1. The van der Waals surface area contributed by atoms with E-state index >= 15 is 0 Å². The van der Waals surface area contributed by atoms with Crippen LogP contribution < -0.4 is 0 Å². The SMILES string of the molecule is Cc1cccc(/C=C/C(=O)c2ccc(C)c([N+](=O)[O-])c2)c1. The van der Waals surface area contributed by atoms with Crippen LogP contribution in [-0.4, -0.2) is 10.7 Å². The van der Waals surface area contributed by atoms with Gasteiger partial charge in [0, 0.05) is 17.2 Å². The first kappa shape index (κ1) is 14.7. The summed E-state index contributed by atoms with van der Waals surface area (Å²) in [4.78, 5) is 22.5. The van der Waals surface area contributed by atoms with Crippen molar-refractivity contribution in [3.8, 4) is 0 Å². The lowest BCUT2D eigenvalue weighted by Gasteiger charge is -2.00. The van der Waals surface area contributed by atoms with E-state index < -0.39 is 4.92 Å². The van der Waals surface area contributed by atoms with E-state index in [9.17, 15) is 14.9 Å². The van der Waals surface area contributed by atoms with Gasteiger partial charge in [-0.1, -0.05) is 48.0 Å². The highest BCUT2D eigenvalue weighted by Crippen LogP contribution is 2.20. The van der Waals surface area contributed by atoms with E-state index in [0.717, 1.165) is 11.1 Å². The number of hydrogen-bond acceptors (Lipinski definition) is 3. The Labute approximate surface area is 122 Å². The summed E-state index contributed by atoms with van der Waals surface area (Å²) < 4.78 is 0. The van der Waals surface area contributed by atoms with Crippen LogP contribution in [0.5, 0.6) is 0 Å². The van der Waals surface area contributed by atoms with E-state index in [4.69, 9.17) is 0 Å². The third-order valence-corrected chi connectivity index (χ3v) is 3.16. The molecule has 0 unspecified atom stereocenters. The van der Waals surface area contributed by atoms with Crippen molar-refractivity contribution in [3.63, 3.8) is 0 Å². The highest BCUT2D eigenvalue weighted by molar-refractivity contribution is 6.07. The summed E-state index contributed by atoms with van der Waals surface area (Å²) in [5, 5.41) is 10.9. The monoisotopic (exact) mass is 281 g/mol. The second-order valence-electron chi connectivity index (χ2n) is 4.87. The fourth-order valence-electron chi connectivity index (χ4n) is 2.00. The molecule has 2 aromatic carbocycles. The van der Waals surface area contributed by atoms with Gasteiger partial charge < -0.3 is 0 Å². The van der Waals surface area contributed by atoms with Crippen LogP contribution in [0.3, 0.4) is 0 Å². The van der Waals surface area contributed by atoms with Crippen LogP contribution in [0.4, 0.5) is 5.69 Å². The average Bonchev–Trinajstić information content (AvgIpc) is 2.45. The molecule has 0 aliphatic heterocycles. The molecule has 2 aromatic rings. The van der Waals surface area contributed by atoms with E-state index in [1.54, 1.807) is 25.1 Å². The molecule has 0 radical (unpaired) electrons. The summed E-state index contributed by atoms with van der Waals surface area (Å²) in [6.07, 6.45) is 3.14. The molecule has 0 bridgehead atoms. The first-order valence-corrected chi connectivity index (χ1v) is 6.51. The van der Waals surface area contributed by atoms with Crippen LogP contribution >= 0.6 is 0 Å². The molecule has 0 aliphatic carbocycles. The molecule has 106 valence electrons. The second-order valence-corrected chi connectivity index (χ2v) is 4.87. The fourth-order valence-corrected chi connectivity index (χ4v) is 2.00. The summed E-state index contributed by atoms with van der Waals surface area (Å²) >= 11 is 0. The summed E-state index contributed by atoms with van der Waals surface area (Å²) in [6, 6.07) is 12.3. The Bertz CT molecular complexity index is 733. The minimum atomic E-state index is -0.476. The maximum Gasteiger partial charge on any atom is 0.273 e. The largest absolute Gasteiger partial charge is 0.289 e. The molecule has 0 aliphatic rings. The molecule has 0 aromatic heterocycles. The summed E-state index contributed by atoms with van der Waals surface area (Å²) in [6.45, 7) is 3.62. The summed E-state index contributed by atoms with van der Waals surface area (Å²) in [5.41, 5.74) is 2.85. The second kappa shape index (κ2) is 6.13. The van der Waals surface area contributed by atoms with Crippen molar-refractivity contribution in [2.45, 2.75) is 13.8 Å². The van der Waals surface area contributed by atoms with Crippen molar-refractivity contribution in [2.24, 2.45) is 0 Å². The Morgan fingerprint density at radius 2 is 1.90 bits per heavy atom. The molecular weight excluding hydrogens is 266 g/mol. The van der Waals surface area contributed by atoms with Gasteiger partial charge in [-0.25, -0.2) is 0 Å². The number of carbonyl (C=O) groups is 1. The van der Waals surface area contributed by atoms with E-state index in [2.05, 4.69) is 0 Å². The fraction of sp³-hybridized carbons (Fsp3) is 0.118. The standard InChI is InChI=1S/C17H15NO3/c1-12-4-3-5-14(10-12)7-9-17(19)15-8-6-13(2)16(11-15)18(20)21/h3-11H,1-2H3/b9-7+. The molecular formula is C17H15NO3. The van der Waals surface area contributed by atoms with Gasteiger partial charge in [0.1, 0.15) is 0 Å². The minimum absolute atomic E-state index is 0.0372. The molecule has 0 amide bonds. The van der Waals surface area contributed by atoms with E-state index in [1.807, 2.05) is 31.2 Å². The highest BCUT2D eigenvalue weighted by Gasteiger charge is 2.13. The lowest BCUT2D eigenvalue weighted by Crippen LogP contribution is -1.98. The maximum atomic E-state index is 12.1.